The fraction of sp³-hybridized carbons (Fsp3) is 0.333. The van der Waals surface area contributed by atoms with Crippen LogP contribution in [0.3, 0.4) is 0 Å². The van der Waals surface area contributed by atoms with Gasteiger partial charge in [0.25, 0.3) is 5.69 Å². The second-order valence-electron chi connectivity index (χ2n) is 5.05. The standard InChI is InChI=1S/C12H14ClN5O2/c1-12(2,14)11-7-17(16-15-11)6-8-3-4-9(13)5-10(8)18(19)20/h3-5,7H,6,14H2,1-2H3. The van der Waals surface area contributed by atoms with Gasteiger partial charge in [0.15, 0.2) is 0 Å². The third-order valence-electron chi connectivity index (χ3n) is 2.78. The normalized spacial score (nSPS) is 11.6. The minimum Gasteiger partial charge on any atom is -0.320 e. The van der Waals surface area contributed by atoms with Gasteiger partial charge in [0.2, 0.25) is 0 Å². The van der Waals surface area contributed by atoms with Crippen molar-refractivity contribution >= 4 is 17.3 Å². The Labute approximate surface area is 120 Å². The van der Waals surface area contributed by atoms with E-state index in [0.29, 0.717) is 16.3 Å². The summed E-state index contributed by atoms with van der Waals surface area (Å²) in [6.45, 7) is 3.86. The molecule has 8 heteroatoms. The molecule has 20 heavy (non-hydrogen) atoms. The molecule has 0 aliphatic rings. The number of hydrogen-bond donors (Lipinski definition) is 1. The Morgan fingerprint density at radius 2 is 2.20 bits per heavy atom. The predicted molar refractivity (Wildman–Crippen MR) is 74.4 cm³/mol. The maximum absolute atomic E-state index is 11.0. The number of nitrogens with two attached hydrogens (primary N) is 1. The Morgan fingerprint density at radius 3 is 2.75 bits per heavy atom. The van der Waals surface area contributed by atoms with E-state index in [1.54, 1.807) is 18.3 Å². The molecule has 1 aromatic carbocycles. The quantitative estimate of drug-likeness (QED) is 0.687. The maximum atomic E-state index is 11.0. The number of nitro benzene ring substituents is 1. The molecule has 0 amide bonds. The number of benzene rings is 1. The van der Waals surface area contributed by atoms with Crippen molar-refractivity contribution in [2.45, 2.75) is 25.9 Å². The van der Waals surface area contributed by atoms with E-state index in [2.05, 4.69) is 10.3 Å². The molecule has 0 radical (unpaired) electrons. The van der Waals surface area contributed by atoms with Gasteiger partial charge in [-0.25, -0.2) is 4.68 Å². The average Bonchev–Trinajstić information content (AvgIpc) is 2.79. The summed E-state index contributed by atoms with van der Waals surface area (Å²) in [4.78, 5) is 10.5. The first-order chi connectivity index (χ1) is 9.27. The minimum absolute atomic E-state index is 0.0402. The topological polar surface area (TPSA) is 99.9 Å². The number of rotatable bonds is 4. The van der Waals surface area contributed by atoms with Gasteiger partial charge in [-0.15, -0.1) is 5.10 Å². The molecule has 0 aliphatic carbocycles. The van der Waals surface area contributed by atoms with Crippen molar-refractivity contribution in [3.05, 3.63) is 50.8 Å². The predicted octanol–water partition coefficient (Wildman–Crippen LogP) is 2.08. The van der Waals surface area contributed by atoms with Crippen LogP contribution in [0.5, 0.6) is 0 Å². The molecule has 2 rings (SSSR count). The van der Waals surface area contributed by atoms with E-state index in [0.717, 1.165) is 0 Å². The highest BCUT2D eigenvalue weighted by Crippen LogP contribution is 2.24. The molecule has 1 heterocycles. The molecule has 0 spiro atoms. The highest BCUT2D eigenvalue weighted by molar-refractivity contribution is 6.30. The van der Waals surface area contributed by atoms with Gasteiger partial charge in [0, 0.05) is 11.1 Å². The lowest BCUT2D eigenvalue weighted by Crippen LogP contribution is -2.29. The molecule has 1 aromatic heterocycles. The molecule has 0 fully saturated rings. The van der Waals surface area contributed by atoms with Crippen molar-refractivity contribution < 1.29 is 4.92 Å². The summed E-state index contributed by atoms with van der Waals surface area (Å²) >= 11 is 5.77. The van der Waals surface area contributed by atoms with Gasteiger partial charge in [-0.1, -0.05) is 16.8 Å². The third kappa shape index (κ3) is 3.12. The number of nitro groups is 1. The van der Waals surface area contributed by atoms with Crippen LogP contribution in [-0.4, -0.2) is 19.9 Å². The van der Waals surface area contributed by atoms with Gasteiger partial charge in [-0.2, -0.15) is 0 Å². The van der Waals surface area contributed by atoms with E-state index in [1.165, 1.54) is 10.7 Å². The number of aromatic nitrogens is 3. The Balaban J connectivity index is 2.31. The lowest BCUT2D eigenvalue weighted by Gasteiger charge is -2.13. The van der Waals surface area contributed by atoms with E-state index in [1.807, 2.05) is 13.8 Å². The summed E-state index contributed by atoms with van der Waals surface area (Å²) in [5.41, 5.74) is 6.40. The third-order valence-corrected chi connectivity index (χ3v) is 3.01. The Bertz CT molecular complexity index is 648. The molecule has 0 unspecified atom stereocenters. The van der Waals surface area contributed by atoms with E-state index in [9.17, 15) is 10.1 Å². The molecule has 2 N–H and O–H groups in total. The van der Waals surface area contributed by atoms with Gasteiger partial charge in [-0.05, 0) is 26.0 Å². The maximum Gasteiger partial charge on any atom is 0.275 e. The lowest BCUT2D eigenvalue weighted by molar-refractivity contribution is -0.385. The number of hydrogen-bond acceptors (Lipinski definition) is 5. The largest absolute Gasteiger partial charge is 0.320 e. The second-order valence-corrected chi connectivity index (χ2v) is 5.49. The first kappa shape index (κ1) is 14.4. The number of halogens is 1. The number of nitrogens with zero attached hydrogens (tertiary/aromatic N) is 4. The summed E-state index contributed by atoms with van der Waals surface area (Å²) in [7, 11) is 0. The van der Waals surface area contributed by atoms with Crippen molar-refractivity contribution in [3.8, 4) is 0 Å². The van der Waals surface area contributed by atoms with Crippen LogP contribution in [0, 0.1) is 10.1 Å². The van der Waals surface area contributed by atoms with Crippen molar-refractivity contribution in [3.63, 3.8) is 0 Å². The molecule has 106 valence electrons. The summed E-state index contributed by atoms with van der Waals surface area (Å²) in [6.07, 6.45) is 1.68. The molecule has 0 aliphatic heterocycles. The summed E-state index contributed by atoms with van der Waals surface area (Å²) in [6, 6.07) is 4.53. The Kier molecular flexibility index (Phi) is 3.74. The van der Waals surface area contributed by atoms with Gasteiger partial charge in [-0.3, -0.25) is 10.1 Å². The van der Waals surface area contributed by atoms with Crippen LogP contribution in [0.4, 0.5) is 5.69 Å². The molecule has 2 aromatic rings. The van der Waals surface area contributed by atoms with Crippen LogP contribution in [-0.2, 0) is 12.1 Å². The highest BCUT2D eigenvalue weighted by Gasteiger charge is 2.20. The summed E-state index contributed by atoms with van der Waals surface area (Å²) in [5.74, 6) is 0. The van der Waals surface area contributed by atoms with Crippen LogP contribution in [0.2, 0.25) is 5.02 Å². The fourth-order valence-corrected chi connectivity index (χ4v) is 1.85. The molecular weight excluding hydrogens is 282 g/mol. The van der Waals surface area contributed by atoms with Crippen molar-refractivity contribution in [2.24, 2.45) is 5.73 Å². The minimum atomic E-state index is -0.607. The van der Waals surface area contributed by atoms with Gasteiger partial charge >= 0.3 is 0 Å². The molecular formula is C12H14ClN5O2. The smallest absolute Gasteiger partial charge is 0.275 e. The van der Waals surface area contributed by atoms with E-state index in [-0.39, 0.29) is 12.2 Å². The lowest BCUT2D eigenvalue weighted by atomic mass is 10.0. The van der Waals surface area contributed by atoms with Gasteiger partial charge in [0.05, 0.1) is 28.8 Å². The van der Waals surface area contributed by atoms with Crippen LogP contribution in [0.15, 0.2) is 24.4 Å². The zero-order chi connectivity index (χ0) is 14.9. The second kappa shape index (κ2) is 5.18. The summed E-state index contributed by atoms with van der Waals surface area (Å²) in [5, 5.41) is 19.2. The first-order valence-corrected chi connectivity index (χ1v) is 6.27. The fourth-order valence-electron chi connectivity index (χ4n) is 1.69. The Hall–Kier alpha value is -1.99. The van der Waals surface area contributed by atoms with Gasteiger partial charge in [0.1, 0.15) is 5.69 Å². The van der Waals surface area contributed by atoms with E-state index >= 15 is 0 Å². The molecule has 0 atom stereocenters. The molecule has 0 saturated carbocycles. The average molecular weight is 296 g/mol. The molecule has 0 bridgehead atoms. The first-order valence-electron chi connectivity index (χ1n) is 5.89. The highest BCUT2D eigenvalue weighted by atomic mass is 35.5. The monoisotopic (exact) mass is 295 g/mol. The van der Waals surface area contributed by atoms with Crippen molar-refractivity contribution in [2.75, 3.05) is 0 Å². The van der Waals surface area contributed by atoms with E-state index in [4.69, 9.17) is 17.3 Å². The van der Waals surface area contributed by atoms with Crippen LogP contribution >= 0.6 is 11.6 Å². The van der Waals surface area contributed by atoms with Crippen molar-refractivity contribution in [1.29, 1.82) is 0 Å². The van der Waals surface area contributed by atoms with Crippen LogP contribution in [0.1, 0.15) is 25.1 Å². The van der Waals surface area contributed by atoms with Crippen LogP contribution < -0.4 is 5.73 Å². The van der Waals surface area contributed by atoms with Gasteiger partial charge < -0.3 is 5.73 Å². The van der Waals surface area contributed by atoms with Crippen LogP contribution in [0.25, 0.3) is 0 Å². The molecule has 0 saturated heterocycles. The van der Waals surface area contributed by atoms with E-state index < -0.39 is 10.5 Å². The molecule has 7 nitrogen and oxygen atoms in total. The Morgan fingerprint density at radius 1 is 1.50 bits per heavy atom. The summed E-state index contributed by atoms with van der Waals surface area (Å²) < 4.78 is 1.51. The zero-order valence-electron chi connectivity index (χ0n) is 11.1. The SMILES string of the molecule is CC(C)(N)c1cn(Cc2ccc(Cl)cc2[N+](=O)[O-])nn1. The zero-order valence-corrected chi connectivity index (χ0v) is 11.8. The van der Waals surface area contributed by atoms with Crippen molar-refractivity contribution in [1.82, 2.24) is 15.0 Å².